The molecule has 0 saturated heterocycles. The van der Waals surface area contributed by atoms with Gasteiger partial charge in [-0.3, -0.25) is 9.78 Å². The van der Waals surface area contributed by atoms with Crippen LogP contribution in [0.2, 0.25) is 5.02 Å². The molecule has 3 heterocycles. The summed E-state index contributed by atoms with van der Waals surface area (Å²) in [6, 6.07) is 14.1. The Morgan fingerprint density at radius 3 is 2.58 bits per heavy atom. The van der Waals surface area contributed by atoms with E-state index in [1.54, 1.807) is 36.4 Å². The molecule has 5 rings (SSSR count). The molecule has 0 bridgehead atoms. The highest BCUT2D eigenvalue weighted by Gasteiger charge is 2.42. The van der Waals surface area contributed by atoms with Crippen molar-refractivity contribution in [1.82, 2.24) is 19.7 Å². The summed E-state index contributed by atoms with van der Waals surface area (Å²) < 4.78 is 55.0. The van der Waals surface area contributed by atoms with E-state index >= 15 is 0 Å². The Bertz CT molecular complexity index is 1560. The van der Waals surface area contributed by atoms with Crippen LogP contribution in [0.3, 0.4) is 0 Å². The lowest BCUT2D eigenvalue weighted by Gasteiger charge is -2.14. The molecule has 0 saturated carbocycles. The molecular formula is C25H16ClF3N4O3. The maximum atomic E-state index is 14.5. The number of ketones is 1. The van der Waals surface area contributed by atoms with E-state index in [4.69, 9.17) is 20.9 Å². The largest absolute Gasteiger partial charge is 0.497 e. The van der Waals surface area contributed by atoms with Crippen molar-refractivity contribution in [3.63, 3.8) is 0 Å². The van der Waals surface area contributed by atoms with Crippen molar-refractivity contribution in [1.29, 1.82) is 0 Å². The van der Waals surface area contributed by atoms with Crippen molar-refractivity contribution in [2.75, 3.05) is 7.11 Å². The average Bonchev–Trinajstić information content (AvgIpc) is 3.49. The molecule has 2 aromatic carbocycles. The molecule has 0 unspecified atom stereocenters. The van der Waals surface area contributed by atoms with Crippen LogP contribution in [0.25, 0.3) is 22.4 Å². The first-order valence-electron chi connectivity index (χ1n) is 10.6. The number of nitrogens with zero attached hydrogens (tertiary/aromatic N) is 4. The van der Waals surface area contributed by atoms with E-state index in [1.165, 1.54) is 37.7 Å². The van der Waals surface area contributed by atoms with Gasteiger partial charge in [-0.1, -0.05) is 28.9 Å². The lowest BCUT2D eigenvalue weighted by Crippen LogP contribution is -2.19. The van der Waals surface area contributed by atoms with Crippen LogP contribution in [-0.4, -0.2) is 32.6 Å². The van der Waals surface area contributed by atoms with Gasteiger partial charge in [0.25, 0.3) is 5.89 Å². The number of rotatable bonds is 6. The minimum absolute atomic E-state index is 0.0394. The van der Waals surface area contributed by atoms with E-state index < -0.39 is 29.0 Å². The summed E-state index contributed by atoms with van der Waals surface area (Å²) in [5, 5.41) is 4.16. The topological polar surface area (TPSA) is 83.0 Å². The van der Waals surface area contributed by atoms with Crippen LogP contribution in [0.1, 0.15) is 27.4 Å². The van der Waals surface area contributed by atoms with Gasteiger partial charge in [0.1, 0.15) is 11.4 Å². The molecule has 0 aliphatic heterocycles. The maximum absolute atomic E-state index is 14.5. The number of benzene rings is 2. The molecule has 0 aliphatic rings. The first-order valence-corrected chi connectivity index (χ1v) is 10.9. The molecule has 36 heavy (non-hydrogen) atoms. The number of methoxy groups -OCH3 is 1. The summed E-state index contributed by atoms with van der Waals surface area (Å²) in [5.74, 6) is -1.29. The smallest absolute Gasteiger partial charge is 0.432 e. The molecule has 0 fully saturated rings. The summed E-state index contributed by atoms with van der Waals surface area (Å²) in [6.07, 6.45) is -1.91. The van der Waals surface area contributed by atoms with Gasteiger partial charge < -0.3 is 13.8 Å². The third-order valence-corrected chi connectivity index (χ3v) is 5.81. The van der Waals surface area contributed by atoms with E-state index in [1.807, 2.05) is 0 Å². The number of fused-ring (bicyclic) bond motifs is 1. The van der Waals surface area contributed by atoms with Gasteiger partial charge in [0.2, 0.25) is 11.6 Å². The van der Waals surface area contributed by atoms with Crippen LogP contribution in [0.5, 0.6) is 5.75 Å². The van der Waals surface area contributed by atoms with Crippen molar-refractivity contribution in [2.24, 2.45) is 0 Å². The fourth-order valence-electron chi connectivity index (χ4n) is 3.96. The molecule has 182 valence electrons. The molecule has 0 amide bonds. The van der Waals surface area contributed by atoms with Crippen molar-refractivity contribution in [3.05, 3.63) is 94.7 Å². The summed E-state index contributed by atoms with van der Waals surface area (Å²) in [7, 11) is 1.39. The fraction of sp³-hybridized carbons (Fsp3) is 0.120. The highest BCUT2D eigenvalue weighted by Crippen LogP contribution is 2.40. The quantitative estimate of drug-likeness (QED) is 0.258. The lowest BCUT2D eigenvalue weighted by molar-refractivity contribution is -0.143. The number of pyridine rings is 1. The molecule has 0 atom stereocenters. The van der Waals surface area contributed by atoms with Gasteiger partial charge in [-0.25, -0.2) is 0 Å². The molecule has 0 N–H and O–H groups in total. The van der Waals surface area contributed by atoms with Crippen molar-refractivity contribution in [2.45, 2.75) is 12.7 Å². The van der Waals surface area contributed by atoms with Crippen LogP contribution in [0, 0.1) is 0 Å². The first-order chi connectivity index (χ1) is 17.3. The zero-order valence-corrected chi connectivity index (χ0v) is 19.3. The Balaban J connectivity index is 1.71. The SMILES string of the molecule is COc1ccc2c(c1)c(C(=O)c1noc(-c3cccnc3)n1)c(C(F)(F)F)n2Cc1ccc(Cl)cc1. The minimum Gasteiger partial charge on any atom is -0.497 e. The normalized spacial score (nSPS) is 11.7. The number of alkyl halides is 3. The zero-order valence-electron chi connectivity index (χ0n) is 18.6. The fourth-order valence-corrected chi connectivity index (χ4v) is 4.08. The monoisotopic (exact) mass is 512 g/mol. The second-order valence-electron chi connectivity index (χ2n) is 7.81. The minimum atomic E-state index is -4.88. The lowest BCUT2D eigenvalue weighted by atomic mass is 10.1. The molecule has 0 aliphatic carbocycles. The second-order valence-corrected chi connectivity index (χ2v) is 8.25. The summed E-state index contributed by atoms with van der Waals surface area (Å²) in [6.45, 7) is -0.157. The Morgan fingerprint density at radius 1 is 1.14 bits per heavy atom. The number of carbonyl (C=O) groups excluding carboxylic acids is 1. The molecule has 0 radical (unpaired) electrons. The van der Waals surface area contributed by atoms with Crippen molar-refractivity contribution in [3.8, 4) is 17.2 Å². The molecular weight excluding hydrogens is 497 g/mol. The number of aromatic nitrogens is 4. The van der Waals surface area contributed by atoms with Crippen molar-refractivity contribution >= 4 is 28.3 Å². The summed E-state index contributed by atoms with van der Waals surface area (Å²) in [4.78, 5) is 21.5. The third-order valence-electron chi connectivity index (χ3n) is 5.56. The van der Waals surface area contributed by atoms with Gasteiger partial charge in [0, 0.05) is 34.9 Å². The number of ether oxygens (including phenoxy) is 1. The molecule has 11 heteroatoms. The first kappa shape index (κ1) is 23.6. The number of carbonyl (C=O) groups is 1. The Morgan fingerprint density at radius 2 is 1.92 bits per heavy atom. The molecule has 3 aromatic heterocycles. The molecule has 0 spiro atoms. The third kappa shape index (κ3) is 4.31. The Labute approximate surface area is 207 Å². The zero-order chi connectivity index (χ0) is 25.4. The summed E-state index contributed by atoms with van der Waals surface area (Å²) in [5.41, 5.74) is -0.540. The molecule has 7 nitrogen and oxygen atoms in total. The van der Waals surface area contributed by atoms with Crippen LogP contribution < -0.4 is 4.74 Å². The Kier molecular flexibility index (Phi) is 5.97. The highest BCUT2D eigenvalue weighted by atomic mass is 35.5. The Hall–Kier alpha value is -4.18. The van der Waals surface area contributed by atoms with Crippen LogP contribution in [0.15, 0.2) is 71.5 Å². The van der Waals surface area contributed by atoms with Crippen molar-refractivity contribution < 1.29 is 27.2 Å². The van der Waals surface area contributed by atoms with E-state index in [2.05, 4.69) is 15.1 Å². The van der Waals surface area contributed by atoms with Gasteiger partial charge >= 0.3 is 6.18 Å². The number of halogens is 4. The number of hydrogen-bond donors (Lipinski definition) is 0. The summed E-state index contributed by atoms with van der Waals surface area (Å²) >= 11 is 5.93. The van der Waals surface area contributed by atoms with E-state index in [9.17, 15) is 18.0 Å². The van der Waals surface area contributed by atoms with E-state index in [0.29, 0.717) is 16.1 Å². The predicted octanol–water partition coefficient (Wildman–Crippen LogP) is 6.05. The van der Waals surface area contributed by atoms with Crippen LogP contribution >= 0.6 is 11.6 Å². The van der Waals surface area contributed by atoms with Crippen LogP contribution in [-0.2, 0) is 12.7 Å². The second kappa shape index (κ2) is 9.12. The van der Waals surface area contributed by atoms with E-state index in [0.717, 1.165) is 4.57 Å². The van der Waals surface area contributed by atoms with Gasteiger partial charge in [-0.15, -0.1) is 0 Å². The van der Waals surface area contributed by atoms with Gasteiger partial charge in [0.15, 0.2) is 0 Å². The standard InChI is InChI=1S/C25H16ClF3N4O3/c1-35-17-8-9-19-18(11-17)20(21(34)23-31-24(36-32-23)15-3-2-10-30-12-15)22(25(27,28)29)33(19)13-14-4-6-16(26)7-5-14/h2-12H,13H2,1H3. The van der Waals surface area contributed by atoms with Gasteiger partial charge in [-0.05, 0) is 48.0 Å². The highest BCUT2D eigenvalue weighted by molar-refractivity contribution is 6.30. The number of hydrogen-bond acceptors (Lipinski definition) is 6. The van der Waals surface area contributed by atoms with E-state index in [-0.39, 0.29) is 29.1 Å². The predicted molar refractivity (Wildman–Crippen MR) is 125 cm³/mol. The maximum Gasteiger partial charge on any atom is 0.432 e. The van der Waals surface area contributed by atoms with Gasteiger partial charge in [0.05, 0.1) is 18.2 Å². The van der Waals surface area contributed by atoms with Gasteiger partial charge in [-0.2, -0.15) is 18.2 Å². The average molecular weight is 513 g/mol. The van der Waals surface area contributed by atoms with Crippen LogP contribution in [0.4, 0.5) is 13.2 Å². The molecule has 5 aromatic rings.